The van der Waals surface area contributed by atoms with Gasteiger partial charge in [0.05, 0.1) is 11.4 Å². The average molecular weight is 452 g/mol. The van der Waals surface area contributed by atoms with Gasteiger partial charge in [-0.15, -0.1) is 0 Å². The third kappa shape index (κ3) is 4.08. The number of aromatic nitrogens is 1. The van der Waals surface area contributed by atoms with Crippen molar-refractivity contribution >= 4 is 23.4 Å². The summed E-state index contributed by atoms with van der Waals surface area (Å²) < 4.78 is 15.0. The number of anilines is 1. The van der Waals surface area contributed by atoms with Crippen LogP contribution in [0.2, 0.25) is 0 Å². The normalized spacial score (nSPS) is 21.4. The molecular formula is C24H26FN5O3. The zero-order valence-corrected chi connectivity index (χ0v) is 18.5. The fraction of sp³-hybridized carbons (Fsp3) is 0.417. The summed E-state index contributed by atoms with van der Waals surface area (Å²) in [4.78, 5) is 46.8. The van der Waals surface area contributed by atoms with E-state index < -0.39 is 17.8 Å². The summed E-state index contributed by atoms with van der Waals surface area (Å²) in [6.45, 7) is 5.98. The maximum atomic E-state index is 15.0. The molecule has 1 aromatic carbocycles. The van der Waals surface area contributed by atoms with Crippen LogP contribution in [0.15, 0.2) is 30.5 Å². The highest BCUT2D eigenvalue weighted by molar-refractivity contribution is 6.05. The molecule has 4 heterocycles. The molecule has 1 atom stereocenters. The van der Waals surface area contributed by atoms with E-state index in [9.17, 15) is 14.4 Å². The van der Waals surface area contributed by atoms with E-state index in [1.807, 2.05) is 11.0 Å². The van der Waals surface area contributed by atoms with E-state index in [0.29, 0.717) is 29.9 Å². The zero-order valence-electron chi connectivity index (χ0n) is 18.5. The van der Waals surface area contributed by atoms with Crippen LogP contribution in [-0.2, 0) is 22.7 Å². The van der Waals surface area contributed by atoms with Crippen molar-refractivity contribution < 1.29 is 18.8 Å². The number of hydrogen-bond acceptors (Lipinski definition) is 6. The van der Waals surface area contributed by atoms with Crippen LogP contribution in [0.5, 0.6) is 0 Å². The minimum atomic E-state index is -0.701. The first-order valence-corrected chi connectivity index (χ1v) is 11.3. The number of pyridine rings is 1. The van der Waals surface area contributed by atoms with Crippen LogP contribution >= 0.6 is 0 Å². The van der Waals surface area contributed by atoms with Crippen molar-refractivity contribution in [1.82, 2.24) is 20.1 Å². The first-order chi connectivity index (χ1) is 15.9. The molecule has 0 spiro atoms. The van der Waals surface area contributed by atoms with Crippen molar-refractivity contribution in [1.29, 1.82) is 0 Å². The summed E-state index contributed by atoms with van der Waals surface area (Å²) in [6, 6.07) is 6.32. The zero-order chi connectivity index (χ0) is 23.1. The number of halogens is 1. The summed E-state index contributed by atoms with van der Waals surface area (Å²) in [5.74, 6) is -1.58. The number of nitrogens with one attached hydrogen (secondary N) is 1. The molecule has 1 aromatic heterocycles. The molecule has 3 amide bonds. The van der Waals surface area contributed by atoms with Crippen molar-refractivity contribution in [3.8, 4) is 0 Å². The van der Waals surface area contributed by atoms with Crippen LogP contribution < -0.4 is 10.2 Å². The summed E-state index contributed by atoms with van der Waals surface area (Å²) in [6.07, 6.45) is 2.29. The van der Waals surface area contributed by atoms with Crippen LogP contribution in [0.3, 0.4) is 0 Å². The van der Waals surface area contributed by atoms with Crippen LogP contribution in [-0.4, -0.2) is 64.7 Å². The number of hydrogen-bond donors (Lipinski definition) is 1. The molecule has 0 saturated carbocycles. The monoisotopic (exact) mass is 451 g/mol. The molecule has 2 fully saturated rings. The Balaban J connectivity index is 1.27. The second-order valence-electron chi connectivity index (χ2n) is 8.89. The van der Waals surface area contributed by atoms with Gasteiger partial charge in [0.1, 0.15) is 11.9 Å². The lowest BCUT2D eigenvalue weighted by Crippen LogP contribution is -2.52. The Bertz CT molecular complexity index is 1130. The number of carbonyl (C=O) groups excluding carboxylic acids is 3. The lowest BCUT2D eigenvalue weighted by Gasteiger charge is -2.36. The number of piperazine rings is 1. The Morgan fingerprint density at radius 1 is 1.15 bits per heavy atom. The van der Waals surface area contributed by atoms with Gasteiger partial charge in [-0.1, -0.05) is 6.07 Å². The van der Waals surface area contributed by atoms with Crippen molar-refractivity contribution in [2.24, 2.45) is 0 Å². The molecule has 0 bridgehead atoms. The van der Waals surface area contributed by atoms with Crippen molar-refractivity contribution in [2.75, 3.05) is 31.1 Å². The lowest BCUT2D eigenvalue weighted by atomic mass is 10.0. The van der Waals surface area contributed by atoms with Crippen molar-refractivity contribution in [3.63, 3.8) is 0 Å². The fourth-order valence-electron chi connectivity index (χ4n) is 4.86. The minimum absolute atomic E-state index is 0.193. The van der Waals surface area contributed by atoms with Crippen LogP contribution in [0, 0.1) is 12.7 Å². The van der Waals surface area contributed by atoms with Crippen LogP contribution in [0.25, 0.3) is 0 Å². The molecule has 172 valence electrons. The molecule has 5 rings (SSSR count). The third-order valence-corrected chi connectivity index (χ3v) is 6.80. The molecule has 33 heavy (non-hydrogen) atoms. The van der Waals surface area contributed by atoms with E-state index in [0.717, 1.165) is 30.9 Å². The smallest absolute Gasteiger partial charge is 0.255 e. The first kappa shape index (κ1) is 21.5. The van der Waals surface area contributed by atoms with Crippen LogP contribution in [0.4, 0.5) is 10.1 Å². The topological polar surface area (TPSA) is 85.8 Å². The molecule has 3 aliphatic heterocycles. The molecule has 2 aromatic rings. The Hall–Kier alpha value is -3.33. The Morgan fingerprint density at radius 3 is 2.67 bits per heavy atom. The van der Waals surface area contributed by atoms with Crippen molar-refractivity contribution in [3.05, 3.63) is 58.7 Å². The number of piperidine rings is 1. The molecule has 3 aliphatic rings. The van der Waals surface area contributed by atoms with Gasteiger partial charge in [0.15, 0.2) is 0 Å². The standard InChI is InChI=1S/C24H26FN5O3/c1-15-3-2-6-26-19(15)14-28-7-9-29(10-8-28)21-11-16-13-30(24(33)17(16)12-18(21)25)20-4-5-22(31)27-23(20)32/h2-3,6,11-12,20H,4-5,7-10,13-14H2,1H3,(H,27,31,32). The summed E-state index contributed by atoms with van der Waals surface area (Å²) in [5.41, 5.74) is 3.72. The Kier molecular flexibility index (Phi) is 5.57. The van der Waals surface area contributed by atoms with E-state index in [-0.39, 0.29) is 31.2 Å². The van der Waals surface area contributed by atoms with Gasteiger partial charge >= 0.3 is 0 Å². The number of benzene rings is 1. The first-order valence-electron chi connectivity index (χ1n) is 11.3. The minimum Gasteiger partial charge on any atom is -0.367 e. The van der Waals surface area contributed by atoms with Gasteiger partial charge in [-0.05, 0) is 42.7 Å². The molecule has 1 N–H and O–H groups in total. The highest BCUT2D eigenvalue weighted by atomic mass is 19.1. The molecule has 0 radical (unpaired) electrons. The molecule has 9 heteroatoms. The lowest BCUT2D eigenvalue weighted by molar-refractivity contribution is -0.136. The van der Waals surface area contributed by atoms with Gasteiger partial charge in [0, 0.05) is 57.4 Å². The molecule has 8 nitrogen and oxygen atoms in total. The van der Waals surface area contributed by atoms with E-state index in [2.05, 4.69) is 28.2 Å². The second-order valence-corrected chi connectivity index (χ2v) is 8.89. The van der Waals surface area contributed by atoms with Gasteiger partial charge in [-0.25, -0.2) is 4.39 Å². The number of imide groups is 1. The van der Waals surface area contributed by atoms with Crippen LogP contribution in [0.1, 0.15) is 40.0 Å². The van der Waals surface area contributed by atoms with Crippen molar-refractivity contribution in [2.45, 2.75) is 38.9 Å². The highest BCUT2D eigenvalue weighted by Gasteiger charge is 2.40. The highest BCUT2D eigenvalue weighted by Crippen LogP contribution is 2.33. The maximum Gasteiger partial charge on any atom is 0.255 e. The average Bonchev–Trinajstić information content (AvgIpc) is 3.11. The maximum absolute atomic E-state index is 15.0. The molecule has 2 saturated heterocycles. The predicted molar refractivity (Wildman–Crippen MR) is 119 cm³/mol. The Labute approximate surface area is 191 Å². The number of amides is 3. The fourth-order valence-corrected chi connectivity index (χ4v) is 4.86. The quantitative estimate of drug-likeness (QED) is 0.711. The SMILES string of the molecule is Cc1cccnc1CN1CCN(c2cc3c(cc2F)C(=O)N(C2CCC(=O)NC2=O)C3)CC1. The third-order valence-electron chi connectivity index (χ3n) is 6.80. The number of carbonyl (C=O) groups is 3. The summed E-state index contributed by atoms with van der Waals surface area (Å²) >= 11 is 0. The molecule has 1 unspecified atom stereocenters. The van der Waals surface area contributed by atoms with Gasteiger partial charge in [0.25, 0.3) is 5.91 Å². The van der Waals surface area contributed by atoms with Gasteiger partial charge in [-0.2, -0.15) is 0 Å². The summed E-state index contributed by atoms with van der Waals surface area (Å²) in [7, 11) is 0. The van der Waals surface area contributed by atoms with Gasteiger partial charge in [-0.3, -0.25) is 29.6 Å². The summed E-state index contributed by atoms with van der Waals surface area (Å²) in [5, 5.41) is 2.29. The molecular weight excluding hydrogens is 425 g/mol. The van der Waals surface area contributed by atoms with E-state index in [4.69, 9.17) is 0 Å². The van der Waals surface area contributed by atoms with Gasteiger partial charge in [0.2, 0.25) is 11.8 Å². The predicted octanol–water partition coefficient (Wildman–Crippen LogP) is 1.61. The van der Waals surface area contributed by atoms with E-state index >= 15 is 4.39 Å². The number of nitrogens with zero attached hydrogens (tertiary/aromatic N) is 4. The largest absolute Gasteiger partial charge is 0.367 e. The van der Waals surface area contributed by atoms with Gasteiger partial charge < -0.3 is 9.80 Å². The second kappa shape index (κ2) is 8.55. The van der Waals surface area contributed by atoms with E-state index in [1.54, 1.807) is 12.3 Å². The Morgan fingerprint density at radius 2 is 1.94 bits per heavy atom. The number of fused-ring (bicyclic) bond motifs is 1. The molecule has 0 aliphatic carbocycles. The number of aryl methyl sites for hydroxylation is 1. The number of rotatable bonds is 4. The van der Waals surface area contributed by atoms with E-state index in [1.165, 1.54) is 11.0 Å².